The quantitative estimate of drug-likeness (QED) is 0.127. The lowest BCUT2D eigenvalue weighted by Gasteiger charge is -2.11. The van der Waals surface area contributed by atoms with E-state index in [1.807, 2.05) is 38.2 Å². The van der Waals surface area contributed by atoms with Gasteiger partial charge in [0.05, 0.1) is 0 Å². The molecule has 0 bridgehead atoms. The summed E-state index contributed by atoms with van der Waals surface area (Å²) in [6.45, 7) is 7.06. The van der Waals surface area contributed by atoms with Crippen molar-refractivity contribution in [3.63, 3.8) is 0 Å². The maximum Gasteiger partial charge on any atom is 0.323 e. The van der Waals surface area contributed by atoms with E-state index in [4.69, 9.17) is 15.2 Å². The maximum atomic E-state index is 6.35. The highest BCUT2D eigenvalue weighted by Crippen LogP contribution is 2.15. The number of hydrogen-bond donors (Lipinski definition) is 1. The van der Waals surface area contributed by atoms with Gasteiger partial charge < -0.3 is 15.2 Å². The molecular formula is C29H52N4O2. The van der Waals surface area contributed by atoms with Gasteiger partial charge in [0.2, 0.25) is 0 Å². The molecule has 0 aliphatic carbocycles. The highest BCUT2D eigenvalue weighted by atomic mass is 16.5. The Hall–Kier alpha value is -1.95. The number of hydrogen-bond acceptors (Lipinski definition) is 6. The van der Waals surface area contributed by atoms with Crippen LogP contribution >= 0.6 is 0 Å². The number of unbranched alkanes of at least 4 members (excludes halogenated alkanes) is 11. The molecule has 1 rings (SSSR count). The van der Waals surface area contributed by atoms with E-state index in [2.05, 4.69) is 21.9 Å². The number of ether oxygens (including phenoxy) is 2. The summed E-state index contributed by atoms with van der Waals surface area (Å²) in [6, 6.07) is 0.976. The zero-order valence-corrected chi connectivity index (χ0v) is 22.9. The molecule has 0 aromatic carbocycles. The summed E-state index contributed by atoms with van der Waals surface area (Å²) in [5.74, 6) is 0.723. The second-order valence-corrected chi connectivity index (χ2v) is 9.41. The first-order valence-corrected chi connectivity index (χ1v) is 14.2. The van der Waals surface area contributed by atoms with Gasteiger partial charge in [-0.05, 0) is 33.1 Å². The van der Waals surface area contributed by atoms with Crippen LogP contribution in [0.15, 0.2) is 24.3 Å². The minimum Gasteiger partial charge on any atom is -0.459 e. The van der Waals surface area contributed by atoms with E-state index in [0.717, 1.165) is 44.3 Å². The lowest BCUT2D eigenvalue weighted by atomic mass is 10.0. The van der Waals surface area contributed by atoms with Crippen LogP contribution in [0.25, 0.3) is 0 Å². The van der Waals surface area contributed by atoms with Crippen molar-refractivity contribution in [3.05, 3.63) is 30.1 Å². The fraction of sp³-hybridized carbons (Fsp3) is 0.759. The molecule has 0 radical (unpaired) electrons. The Morgan fingerprint density at radius 3 is 1.60 bits per heavy atom. The Morgan fingerprint density at radius 2 is 1.11 bits per heavy atom. The normalized spacial score (nSPS) is 12.6. The highest BCUT2D eigenvalue weighted by Gasteiger charge is 2.09. The maximum absolute atomic E-state index is 6.35. The predicted molar refractivity (Wildman–Crippen MR) is 147 cm³/mol. The van der Waals surface area contributed by atoms with Crippen LogP contribution in [-0.2, 0) is 6.42 Å². The van der Waals surface area contributed by atoms with E-state index < -0.39 is 0 Å². The van der Waals surface area contributed by atoms with Gasteiger partial charge in [0.25, 0.3) is 0 Å². The molecular weight excluding hydrogens is 436 g/mol. The second-order valence-electron chi connectivity index (χ2n) is 9.41. The average molecular weight is 489 g/mol. The Labute approximate surface area is 215 Å². The molecule has 1 heterocycles. The number of rotatable bonds is 23. The SMILES string of the molecule is CC=CCOc1nc(CCCCCC(N)CCCCCCCCCCCC)nc(OCC=CC)n1. The van der Waals surface area contributed by atoms with Crippen molar-refractivity contribution in [2.45, 2.75) is 130 Å². The van der Waals surface area contributed by atoms with E-state index in [-0.39, 0.29) is 0 Å². The standard InChI is InChI=1S/C29H52N4O2/c1-4-7-10-11-12-13-14-15-16-18-21-26(30)22-19-17-20-23-27-31-28(34-24-8-5-2)33-29(32-27)35-25-9-6-3/h5-6,8-9,26H,4,7,10-25,30H2,1-3H3. The zero-order chi connectivity index (χ0) is 25.4. The van der Waals surface area contributed by atoms with Gasteiger partial charge in [-0.15, -0.1) is 4.98 Å². The minimum atomic E-state index is 0.321. The van der Waals surface area contributed by atoms with Gasteiger partial charge in [0, 0.05) is 12.5 Å². The van der Waals surface area contributed by atoms with Crippen LogP contribution in [0.1, 0.15) is 123 Å². The fourth-order valence-corrected chi connectivity index (χ4v) is 3.96. The van der Waals surface area contributed by atoms with Gasteiger partial charge in [0.15, 0.2) is 0 Å². The van der Waals surface area contributed by atoms with Crippen molar-refractivity contribution in [1.82, 2.24) is 15.0 Å². The number of nitrogens with two attached hydrogens (primary N) is 1. The molecule has 200 valence electrons. The molecule has 35 heavy (non-hydrogen) atoms. The number of allylic oxidation sites excluding steroid dienone is 2. The van der Waals surface area contributed by atoms with Gasteiger partial charge in [0.1, 0.15) is 19.0 Å². The lowest BCUT2D eigenvalue weighted by Crippen LogP contribution is -2.19. The van der Waals surface area contributed by atoms with Gasteiger partial charge in [-0.25, -0.2) is 0 Å². The molecule has 0 fully saturated rings. The summed E-state index contributed by atoms with van der Waals surface area (Å²) in [7, 11) is 0. The molecule has 0 spiro atoms. The molecule has 1 aromatic rings. The van der Waals surface area contributed by atoms with Crippen LogP contribution in [0.2, 0.25) is 0 Å². The first-order chi connectivity index (χ1) is 17.2. The highest BCUT2D eigenvalue weighted by molar-refractivity contribution is 5.06. The number of nitrogens with zero attached hydrogens (tertiary/aromatic N) is 3. The van der Waals surface area contributed by atoms with Crippen molar-refractivity contribution < 1.29 is 9.47 Å². The van der Waals surface area contributed by atoms with Crippen molar-refractivity contribution in [3.8, 4) is 12.0 Å². The number of aromatic nitrogens is 3. The van der Waals surface area contributed by atoms with Crippen molar-refractivity contribution >= 4 is 0 Å². The van der Waals surface area contributed by atoms with Crippen LogP contribution in [0.4, 0.5) is 0 Å². The molecule has 0 saturated heterocycles. The van der Waals surface area contributed by atoms with Crippen LogP contribution in [-0.4, -0.2) is 34.2 Å². The van der Waals surface area contributed by atoms with Crippen LogP contribution in [0.5, 0.6) is 12.0 Å². The Morgan fingerprint density at radius 1 is 0.657 bits per heavy atom. The summed E-state index contributed by atoms with van der Waals surface area (Å²) in [6.07, 6.45) is 27.8. The summed E-state index contributed by atoms with van der Waals surface area (Å²) in [5, 5.41) is 0. The van der Waals surface area contributed by atoms with Crippen molar-refractivity contribution in [2.75, 3.05) is 13.2 Å². The third-order valence-corrected chi connectivity index (χ3v) is 6.13. The molecule has 0 aliphatic rings. The first kappa shape index (κ1) is 31.1. The van der Waals surface area contributed by atoms with E-state index in [9.17, 15) is 0 Å². The third kappa shape index (κ3) is 18.0. The van der Waals surface area contributed by atoms with E-state index >= 15 is 0 Å². The monoisotopic (exact) mass is 488 g/mol. The molecule has 1 aromatic heterocycles. The average Bonchev–Trinajstić information content (AvgIpc) is 2.85. The smallest absolute Gasteiger partial charge is 0.323 e. The molecule has 1 unspecified atom stereocenters. The van der Waals surface area contributed by atoms with Gasteiger partial charge >= 0.3 is 12.0 Å². The molecule has 6 nitrogen and oxygen atoms in total. The molecule has 0 amide bonds. The summed E-state index contributed by atoms with van der Waals surface area (Å²) in [5.41, 5.74) is 6.35. The largest absolute Gasteiger partial charge is 0.459 e. The van der Waals surface area contributed by atoms with Crippen LogP contribution in [0.3, 0.4) is 0 Å². The number of aryl methyl sites for hydroxylation is 1. The predicted octanol–water partition coefficient (Wildman–Crippen LogP) is 7.52. The molecule has 0 saturated carbocycles. The summed E-state index contributed by atoms with van der Waals surface area (Å²) in [4.78, 5) is 13.2. The van der Waals surface area contributed by atoms with Gasteiger partial charge in [-0.2, -0.15) is 9.97 Å². The molecule has 1 atom stereocenters. The fourth-order valence-electron chi connectivity index (χ4n) is 3.96. The Kier molecular flexibility index (Phi) is 20.0. The van der Waals surface area contributed by atoms with Crippen molar-refractivity contribution in [1.29, 1.82) is 0 Å². The molecule has 2 N–H and O–H groups in total. The molecule has 6 heteroatoms. The summed E-state index contributed by atoms with van der Waals surface area (Å²) < 4.78 is 11.2. The van der Waals surface area contributed by atoms with Crippen molar-refractivity contribution in [2.24, 2.45) is 5.73 Å². The zero-order valence-electron chi connectivity index (χ0n) is 22.9. The minimum absolute atomic E-state index is 0.321. The molecule has 0 aliphatic heterocycles. The van der Waals surface area contributed by atoms with Gasteiger partial charge in [-0.3, -0.25) is 0 Å². The Bertz CT molecular complexity index is 644. The topological polar surface area (TPSA) is 83.2 Å². The van der Waals surface area contributed by atoms with E-state index in [1.54, 1.807) is 0 Å². The van der Waals surface area contributed by atoms with Gasteiger partial charge in [-0.1, -0.05) is 108 Å². The lowest BCUT2D eigenvalue weighted by molar-refractivity contribution is 0.294. The van der Waals surface area contributed by atoms with Crippen LogP contribution in [0, 0.1) is 0 Å². The summed E-state index contributed by atoms with van der Waals surface area (Å²) >= 11 is 0. The second kappa shape index (κ2) is 22.5. The first-order valence-electron chi connectivity index (χ1n) is 14.2. The Balaban J connectivity index is 2.19. The third-order valence-electron chi connectivity index (χ3n) is 6.13. The van der Waals surface area contributed by atoms with E-state index in [1.165, 1.54) is 64.2 Å². The van der Waals surface area contributed by atoms with E-state index in [0.29, 0.717) is 31.3 Å². The van der Waals surface area contributed by atoms with Crippen LogP contribution < -0.4 is 15.2 Å².